The molecule has 0 amide bonds. The van der Waals surface area contributed by atoms with Gasteiger partial charge in [-0.3, -0.25) is 0 Å². The SMILES string of the molecule is Nc1nccc(-c2cc3ccccc3oc2=O)n1. The Morgan fingerprint density at radius 1 is 1.17 bits per heavy atom. The van der Waals surface area contributed by atoms with E-state index in [0.29, 0.717) is 16.8 Å². The largest absolute Gasteiger partial charge is 0.422 e. The van der Waals surface area contributed by atoms with E-state index in [9.17, 15) is 4.79 Å². The van der Waals surface area contributed by atoms with Gasteiger partial charge in [-0.1, -0.05) is 18.2 Å². The second-order valence-corrected chi connectivity index (χ2v) is 3.79. The highest BCUT2D eigenvalue weighted by Crippen LogP contribution is 2.19. The molecule has 0 saturated heterocycles. The van der Waals surface area contributed by atoms with Crippen molar-refractivity contribution in [3.8, 4) is 11.3 Å². The van der Waals surface area contributed by atoms with Crippen LogP contribution in [0.15, 0.2) is 51.8 Å². The van der Waals surface area contributed by atoms with Crippen LogP contribution in [0.3, 0.4) is 0 Å². The lowest BCUT2D eigenvalue weighted by molar-refractivity contribution is 0.563. The maximum atomic E-state index is 11.9. The van der Waals surface area contributed by atoms with E-state index in [2.05, 4.69) is 9.97 Å². The molecule has 3 rings (SSSR count). The van der Waals surface area contributed by atoms with Gasteiger partial charge in [0.15, 0.2) is 0 Å². The van der Waals surface area contributed by atoms with Crippen LogP contribution in [0.25, 0.3) is 22.2 Å². The molecule has 88 valence electrons. The molecule has 0 aliphatic heterocycles. The summed E-state index contributed by atoms with van der Waals surface area (Å²) in [6.07, 6.45) is 1.51. The first kappa shape index (κ1) is 10.5. The number of rotatable bonds is 1. The van der Waals surface area contributed by atoms with Crippen molar-refractivity contribution in [1.29, 1.82) is 0 Å². The van der Waals surface area contributed by atoms with Gasteiger partial charge in [0.05, 0.1) is 11.3 Å². The third-order valence-electron chi connectivity index (χ3n) is 2.59. The predicted octanol–water partition coefficient (Wildman–Crippen LogP) is 1.83. The fourth-order valence-electron chi connectivity index (χ4n) is 1.76. The minimum absolute atomic E-state index is 0.125. The van der Waals surface area contributed by atoms with Crippen molar-refractivity contribution in [2.24, 2.45) is 0 Å². The zero-order valence-electron chi connectivity index (χ0n) is 9.33. The molecule has 0 saturated carbocycles. The quantitative estimate of drug-likeness (QED) is 0.655. The van der Waals surface area contributed by atoms with Crippen molar-refractivity contribution >= 4 is 16.9 Å². The molecule has 2 N–H and O–H groups in total. The van der Waals surface area contributed by atoms with Gasteiger partial charge >= 0.3 is 5.63 Å². The first-order valence-corrected chi connectivity index (χ1v) is 5.36. The molecule has 5 nitrogen and oxygen atoms in total. The first-order valence-electron chi connectivity index (χ1n) is 5.36. The lowest BCUT2D eigenvalue weighted by Gasteiger charge is -2.01. The lowest BCUT2D eigenvalue weighted by Crippen LogP contribution is -2.05. The van der Waals surface area contributed by atoms with Crippen molar-refractivity contribution in [1.82, 2.24) is 9.97 Å². The van der Waals surface area contributed by atoms with Crippen LogP contribution in [0.2, 0.25) is 0 Å². The molecule has 0 radical (unpaired) electrons. The highest BCUT2D eigenvalue weighted by Gasteiger charge is 2.09. The summed E-state index contributed by atoms with van der Waals surface area (Å²) >= 11 is 0. The summed E-state index contributed by atoms with van der Waals surface area (Å²) in [5, 5.41) is 0.837. The van der Waals surface area contributed by atoms with E-state index in [1.54, 1.807) is 18.2 Å². The number of nitrogens with zero attached hydrogens (tertiary/aromatic N) is 2. The highest BCUT2D eigenvalue weighted by atomic mass is 16.4. The molecular formula is C13H9N3O2. The Balaban J connectivity index is 2.29. The molecule has 0 unspecified atom stereocenters. The van der Waals surface area contributed by atoms with Gasteiger partial charge in [0, 0.05) is 11.6 Å². The van der Waals surface area contributed by atoms with Gasteiger partial charge in [-0.15, -0.1) is 0 Å². The van der Waals surface area contributed by atoms with Gasteiger partial charge in [-0.25, -0.2) is 14.8 Å². The molecule has 0 aliphatic rings. The van der Waals surface area contributed by atoms with Crippen LogP contribution >= 0.6 is 0 Å². The number of anilines is 1. The minimum atomic E-state index is -0.438. The fraction of sp³-hybridized carbons (Fsp3) is 0. The summed E-state index contributed by atoms with van der Waals surface area (Å²) in [5.41, 5.74) is 6.45. The zero-order valence-corrected chi connectivity index (χ0v) is 9.33. The fourth-order valence-corrected chi connectivity index (χ4v) is 1.76. The maximum Gasteiger partial charge on any atom is 0.345 e. The van der Waals surface area contributed by atoms with Crippen LogP contribution in [0.1, 0.15) is 0 Å². The Morgan fingerprint density at radius 2 is 2.00 bits per heavy atom. The number of nitrogens with two attached hydrogens (primary N) is 1. The van der Waals surface area contributed by atoms with Crippen molar-refractivity contribution in [3.63, 3.8) is 0 Å². The summed E-state index contributed by atoms with van der Waals surface area (Å²) in [6, 6.07) is 10.7. The number of para-hydroxylation sites is 1. The molecule has 5 heteroatoms. The Hall–Kier alpha value is -2.69. The normalized spacial score (nSPS) is 10.7. The van der Waals surface area contributed by atoms with Gasteiger partial charge in [0.1, 0.15) is 5.58 Å². The van der Waals surface area contributed by atoms with Crippen LogP contribution in [0.5, 0.6) is 0 Å². The van der Waals surface area contributed by atoms with E-state index in [1.165, 1.54) is 6.20 Å². The molecule has 0 atom stereocenters. The predicted molar refractivity (Wildman–Crippen MR) is 67.9 cm³/mol. The highest BCUT2D eigenvalue weighted by molar-refractivity contribution is 5.80. The smallest absolute Gasteiger partial charge is 0.345 e. The standard InChI is InChI=1S/C13H9N3O2/c14-13-15-6-5-10(16-13)9-7-8-3-1-2-4-11(8)18-12(9)17/h1-7H,(H2,14,15,16). The Morgan fingerprint density at radius 3 is 2.83 bits per heavy atom. The topological polar surface area (TPSA) is 82.0 Å². The molecule has 2 heterocycles. The molecule has 2 aromatic heterocycles. The summed E-state index contributed by atoms with van der Waals surface area (Å²) in [6.45, 7) is 0. The van der Waals surface area contributed by atoms with Gasteiger partial charge in [-0.2, -0.15) is 0 Å². The second kappa shape index (κ2) is 3.96. The monoisotopic (exact) mass is 239 g/mol. The molecular weight excluding hydrogens is 230 g/mol. The Labute approximate surface area is 102 Å². The minimum Gasteiger partial charge on any atom is -0.422 e. The van der Waals surface area contributed by atoms with Crippen LogP contribution in [-0.2, 0) is 0 Å². The number of hydrogen-bond acceptors (Lipinski definition) is 5. The third-order valence-corrected chi connectivity index (χ3v) is 2.59. The van der Waals surface area contributed by atoms with Gasteiger partial charge in [0.25, 0.3) is 0 Å². The van der Waals surface area contributed by atoms with E-state index >= 15 is 0 Å². The number of benzene rings is 1. The average molecular weight is 239 g/mol. The van der Waals surface area contributed by atoms with Crippen molar-refractivity contribution < 1.29 is 4.42 Å². The van der Waals surface area contributed by atoms with Crippen molar-refractivity contribution in [2.75, 3.05) is 5.73 Å². The first-order chi connectivity index (χ1) is 8.74. The number of aromatic nitrogens is 2. The van der Waals surface area contributed by atoms with Crippen molar-refractivity contribution in [2.45, 2.75) is 0 Å². The molecule has 0 bridgehead atoms. The molecule has 1 aromatic carbocycles. The summed E-state index contributed by atoms with van der Waals surface area (Å²) < 4.78 is 5.23. The summed E-state index contributed by atoms with van der Waals surface area (Å²) in [4.78, 5) is 19.7. The van der Waals surface area contributed by atoms with E-state index in [1.807, 2.05) is 18.2 Å². The van der Waals surface area contributed by atoms with Gasteiger partial charge < -0.3 is 10.2 Å². The van der Waals surface area contributed by atoms with Crippen molar-refractivity contribution in [3.05, 3.63) is 53.0 Å². The molecule has 0 aliphatic carbocycles. The third kappa shape index (κ3) is 1.71. The maximum absolute atomic E-state index is 11.9. The van der Waals surface area contributed by atoms with Crippen LogP contribution in [0.4, 0.5) is 5.95 Å². The molecule has 0 spiro atoms. The average Bonchev–Trinajstić information content (AvgIpc) is 2.38. The number of nitrogen functional groups attached to an aromatic ring is 1. The summed E-state index contributed by atoms with van der Waals surface area (Å²) in [5.74, 6) is 0.125. The van der Waals surface area contributed by atoms with Gasteiger partial charge in [0.2, 0.25) is 5.95 Å². The van der Waals surface area contributed by atoms with E-state index in [0.717, 1.165) is 5.39 Å². The molecule has 0 fully saturated rings. The Kier molecular flexibility index (Phi) is 2.30. The number of hydrogen-bond donors (Lipinski definition) is 1. The zero-order chi connectivity index (χ0) is 12.5. The lowest BCUT2D eigenvalue weighted by atomic mass is 10.1. The number of fused-ring (bicyclic) bond motifs is 1. The van der Waals surface area contributed by atoms with Gasteiger partial charge in [-0.05, 0) is 18.2 Å². The van der Waals surface area contributed by atoms with E-state index in [4.69, 9.17) is 10.2 Å². The van der Waals surface area contributed by atoms with E-state index < -0.39 is 5.63 Å². The molecule has 3 aromatic rings. The molecule has 18 heavy (non-hydrogen) atoms. The Bertz CT molecular complexity index is 780. The van der Waals surface area contributed by atoms with Crippen LogP contribution < -0.4 is 11.4 Å². The summed E-state index contributed by atoms with van der Waals surface area (Å²) in [7, 11) is 0. The van der Waals surface area contributed by atoms with E-state index in [-0.39, 0.29) is 5.95 Å². The van der Waals surface area contributed by atoms with Crippen LogP contribution in [-0.4, -0.2) is 9.97 Å². The van der Waals surface area contributed by atoms with Crippen LogP contribution in [0, 0.1) is 0 Å². The second-order valence-electron chi connectivity index (χ2n) is 3.79.